The molecule has 0 radical (unpaired) electrons. The average Bonchev–Trinajstić information content (AvgIpc) is 2.89. The summed E-state index contributed by atoms with van der Waals surface area (Å²) in [5.74, 6) is 1.56. The maximum Gasteiger partial charge on any atom is 0.231 e. The molecule has 0 amide bonds. The first-order chi connectivity index (χ1) is 8.16. The molecule has 2 heterocycles. The fourth-order valence-electron chi connectivity index (χ4n) is 1.89. The van der Waals surface area contributed by atoms with Crippen LogP contribution in [0.4, 0.5) is 0 Å². The Balaban J connectivity index is 2.12. The molecule has 0 bridgehead atoms. The van der Waals surface area contributed by atoms with Gasteiger partial charge < -0.3 is 9.47 Å². The maximum absolute atomic E-state index is 5.36. The van der Waals surface area contributed by atoms with Crippen LogP contribution in [0.25, 0.3) is 5.69 Å². The standard InChI is InChI=1S/C12H11BrN2O2/c1-7-12(13)8(2)15(14-7)9-3-4-10-11(5-9)17-6-16-10/h3-5H,6H2,1-2H3. The highest BCUT2D eigenvalue weighted by atomic mass is 79.9. The van der Waals surface area contributed by atoms with Crippen LogP contribution in [0.3, 0.4) is 0 Å². The summed E-state index contributed by atoms with van der Waals surface area (Å²) in [6.45, 7) is 4.29. The zero-order valence-corrected chi connectivity index (χ0v) is 11.1. The molecule has 5 heteroatoms. The number of aryl methyl sites for hydroxylation is 1. The predicted octanol–water partition coefficient (Wildman–Crippen LogP) is 2.98. The van der Waals surface area contributed by atoms with E-state index >= 15 is 0 Å². The van der Waals surface area contributed by atoms with Crippen molar-refractivity contribution in [3.8, 4) is 17.2 Å². The number of hydrogen-bond donors (Lipinski definition) is 0. The van der Waals surface area contributed by atoms with Crippen LogP contribution in [0, 0.1) is 13.8 Å². The van der Waals surface area contributed by atoms with Crippen molar-refractivity contribution in [2.24, 2.45) is 0 Å². The van der Waals surface area contributed by atoms with Gasteiger partial charge in [-0.2, -0.15) is 5.10 Å². The number of halogens is 1. The second kappa shape index (κ2) is 3.77. The molecule has 1 aliphatic heterocycles. The van der Waals surface area contributed by atoms with Gasteiger partial charge in [0.2, 0.25) is 6.79 Å². The van der Waals surface area contributed by atoms with E-state index in [1.807, 2.05) is 36.7 Å². The minimum absolute atomic E-state index is 0.291. The van der Waals surface area contributed by atoms with Crippen LogP contribution in [0.5, 0.6) is 11.5 Å². The first kappa shape index (κ1) is 10.7. The first-order valence-electron chi connectivity index (χ1n) is 5.28. The van der Waals surface area contributed by atoms with Crippen LogP contribution < -0.4 is 9.47 Å². The molecule has 0 N–H and O–H groups in total. The smallest absolute Gasteiger partial charge is 0.231 e. The quantitative estimate of drug-likeness (QED) is 0.811. The summed E-state index contributed by atoms with van der Waals surface area (Å²) in [7, 11) is 0. The van der Waals surface area contributed by atoms with Gasteiger partial charge in [-0.25, -0.2) is 4.68 Å². The monoisotopic (exact) mass is 294 g/mol. The van der Waals surface area contributed by atoms with Crippen molar-refractivity contribution >= 4 is 15.9 Å². The number of nitrogens with zero attached hydrogens (tertiary/aromatic N) is 2. The highest BCUT2D eigenvalue weighted by Crippen LogP contribution is 2.34. The van der Waals surface area contributed by atoms with Gasteiger partial charge in [-0.05, 0) is 41.9 Å². The van der Waals surface area contributed by atoms with E-state index in [-0.39, 0.29) is 0 Å². The SMILES string of the molecule is Cc1nn(-c2ccc3c(c2)OCO3)c(C)c1Br. The van der Waals surface area contributed by atoms with Crippen molar-refractivity contribution in [1.29, 1.82) is 0 Å². The van der Waals surface area contributed by atoms with Crippen molar-refractivity contribution in [2.75, 3.05) is 6.79 Å². The molecule has 0 unspecified atom stereocenters. The van der Waals surface area contributed by atoms with E-state index in [1.165, 1.54) is 0 Å². The van der Waals surface area contributed by atoms with E-state index in [2.05, 4.69) is 21.0 Å². The number of rotatable bonds is 1. The van der Waals surface area contributed by atoms with Crippen molar-refractivity contribution < 1.29 is 9.47 Å². The molecule has 0 saturated carbocycles. The summed E-state index contributed by atoms with van der Waals surface area (Å²) < 4.78 is 13.6. The van der Waals surface area contributed by atoms with Gasteiger partial charge in [-0.15, -0.1) is 0 Å². The van der Waals surface area contributed by atoms with E-state index < -0.39 is 0 Å². The van der Waals surface area contributed by atoms with Crippen molar-refractivity contribution in [3.63, 3.8) is 0 Å². The van der Waals surface area contributed by atoms with Gasteiger partial charge in [0, 0.05) is 6.07 Å². The average molecular weight is 295 g/mol. The second-order valence-corrected chi connectivity index (χ2v) is 4.73. The molecular weight excluding hydrogens is 284 g/mol. The van der Waals surface area contributed by atoms with Crippen LogP contribution in [0.1, 0.15) is 11.4 Å². The Morgan fingerprint density at radius 1 is 1.24 bits per heavy atom. The van der Waals surface area contributed by atoms with Crippen LogP contribution in [0.15, 0.2) is 22.7 Å². The molecule has 0 fully saturated rings. The van der Waals surface area contributed by atoms with Gasteiger partial charge in [0.05, 0.1) is 21.5 Å². The number of aromatic nitrogens is 2. The summed E-state index contributed by atoms with van der Waals surface area (Å²) in [5, 5.41) is 4.48. The zero-order valence-electron chi connectivity index (χ0n) is 9.53. The van der Waals surface area contributed by atoms with Crippen LogP contribution in [0.2, 0.25) is 0 Å². The summed E-state index contributed by atoms with van der Waals surface area (Å²) in [5.41, 5.74) is 3.02. The Labute approximate surface area is 107 Å². The third-order valence-electron chi connectivity index (χ3n) is 2.80. The topological polar surface area (TPSA) is 36.3 Å². The van der Waals surface area contributed by atoms with Gasteiger partial charge in [0.1, 0.15) is 0 Å². The zero-order chi connectivity index (χ0) is 12.0. The summed E-state index contributed by atoms with van der Waals surface area (Å²) in [4.78, 5) is 0. The normalized spacial score (nSPS) is 13.1. The Morgan fingerprint density at radius 2 is 2.00 bits per heavy atom. The third-order valence-corrected chi connectivity index (χ3v) is 3.95. The second-order valence-electron chi connectivity index (χ2n) is 3.93. The van der Waals surface area contributed by atoms with E-state index in [9.17, 15) is 0 Å². The van der Waals surface area contributed by atoms with Gasteiger partial charge in [0.15, 0.2) is 11.5 Å². The lowest BCUT2D eigenvalue weighted by Gasteiger charge is -2.05. The molecule has 4 nitrogen and oxygen atoms in total. The minimum Gasteiger partial charge on any atom is -0.454 e. The third kappa shape index (κ3) is 1.61. The maximum atomic E-state index is 5.36. The Kier molecular flexibility index (Phi) is 2.36. The minimum atomic E-state index is 0.291. The fourth-order valence-corrected chi connectivity index (χ4v) is 2.14. The van der Waals surface area contributed by atoms with Crippen LogP contribution in [-0.2, 0) is 0 Å². The lowest BCUT2D eigenvalue weighted by atomic mass is 10.2. The summed E-state index contributed by atoms with van der Waals surface area (Å²) >= 11 is 3.52. The summed E-state index contributed by atoms with van der Waals surface area (Å²) in [6, 6.07) is 5.82. The lowest BCUT2D eigenvalue weighted by molar-refractivity contribution is 0.174. The molecule has 1 aromatic heterocycles. The molecule has 1 aliphatic rings. The number of fused-ring (bicyclic) bond motifs is 1. The molecule has 3 rings (SSSR count). The Hall–Kier alpha value is -1.49. The van der Waals surface area contributed by atoms with Crippen LogP contribution in [-0.4, -0.2) is 16.6 Å². The molecule has 0 aliphatic carbocycles. The van der Waals surface area contributed by atoms with E-state index in [1.54, 1.807) is 0 Å². The molecule has 0 saturated heterocycles. The number of ether oxygens (including phenoxy) is 2. The number of hydrogen-bond acceptors (Lipinski definition) is 3. The molecule has 88 valence electrons. The highest BCUT2D eigenvalue weighted by Gasteiger charge is 2.16. The predicted molar refractivity (Wildman–Crippen MR) is 66.9 cm³/mol. The van der Waals surface area contributed by atoms with Crippen molar-refractivity contribution in [1.82, 2.24) is 9.78 Å². The molecule has 17 heavy (non-hydrogen) atoms. The van der Waals surface area contributed by atoms with Crippen molar-refractivity contribution in [2.45, 2.75) is 13.8 Å². The van der Waals surface area contributed by atoms with E-state index in [0.717, 1.165) is 33.0 Å². The van der Waals surface area contributed by atoms with Gasteiger partial charge >= 0.3 is 0 Å². The van der Waals surface area contributed by atoms with Gasteiger partial charge in [-0.3, -0.25) is 0 Å². The van der Waals surface area contributed by atoms with Gasteiger partial charge in [0.25, 0.3) is 0 Å². The molecule has 0 spiro atoms. The first-order valence-corrected chi connectivity index (χ1v) is 6.08. The fraction of sp³-hybridized carbons (Fsp3) is 0.250. The van der Waals surface area contributed by atoms with E-state index in [4.69, 9.17) is 9.47 Å². The molecule has 0 atom stereocenters. The van der Waals surface area contributed by atoms with Gasteiger partial charge in [-0.1, -0.05) is 0 Å². The molecule has 1 aromatic carbocycles. The Bertz CT molecular complexity index is 592. The largest absolute Gasteiger partial charge is 0.454 e. The molecule has 2 aromatic rings. The molecular formula is C12H11BrN2O2. The highest BCUT2D eigenvalue weighted by molar-refractivity contribution is 9.10. The lowest BCUT2D eigenvalue weighted by Crippen LogP contribution is -1.98. The van der Waals surface area contributed by atoms with E-state index in [0.29, 0.717) is 6.79 Å². The number of benzene rings is 1. The van der Waals surface area contributed by atoms with Crippen molar-refractivity contribution in [3.05, 3.63) is 34.1 Å². The van der Waals surface area contributed by atoms with Crippen LogP contribution >= 0.6 is 15.9 Å². The Morgan fingerprint density at radius 3 is 2.71 bits per heavy atom. The summed E-state index contributed by atoms with van der Waals surface area (Å²) in [6.07, 6.45) is 0.